The Morgan fingerprint density at radius 1 is 0.319 bits per heavy atom. The molecule has 6 heteroatoms. The summed E-state index contributed by atoms with van der Waals surface area (Å²) in [5.74, 6) is -0.912. The maximum atomic E-state index is 12.9. The van der Waals surface area contributed by atoms with Crippen molar-refractivity contribution in [3.05, 3.63) is 85.1 Å². The summed E-state index contributed by atoms with van der Waals surface area (Å²) in [6, 6.07) is 0. The molecule has 0 aliphatic carbocycles. The largest absolute Gasteiger partial charge is 0.462 e. The Morgan fingerprint density at radius 3 is 1.06 bits per heavy atom. The monoisotopic (exact) mass is 961 g/mol. The standard InChI is InChI=1S/C63H108O6/c1-4-7-10-13-16-19-22-25-27-29-31-33-35-38-41-44-47-50-53-56-62(65)68-59-60(58-67-61(64)55-52-49-46-43-40-37-24-21-18-15-12-9-6-3)69-63(66)57-54-51-48-45-42-39-36-34-32-30-28-26-23-20-17-14-11-8-5-2/h7,9-10,12,15-16,18-19,21,24-25,27,30,32,60H,4-6,8,11,13-14,17,20,22-23,26,28-29,31,33-59H2,1-3H3/b10-7+,12-9+,18-15+,19-16+,24-21+,27-25+,32-30+. The average Bonchev–Trinajstić information content (AvgIpc) is 3.35. The van der Waals surface area contributed by atoms with E-state index in [1.54, 1.807) is 0 Å². The van der Waals surface area contributed by atoms with Gasteiger partial charge in [-0.3, -0.25) is 14.4 Å². The molecule has 0 aromatic carbocycles. The van der Waals surface area contributed by atoms with Crippen molar-refractivity contribution in [1.82, 2.24) is 0 Å². The molecule has 0 aliphatic rings. The van der Waals surface area contributed by atoms with Gasteiger partial charge in [-0.15, -0.1) is 0 Å². The fourth-order valence-corrected chi connectivity index (χ4v) is 8.10. The van der Waals surface area contributed by atoms with Gasteiger partial charge in [0.1, 0.15) is 13.2 Å². The van der Waals surface area contributed by atoms with Crippen LogP contribution in [0.2, 0.25) is 0 Å². The van der Waals surface area contributed by atoms with Crippen molar-refractivity contribution in [2.24, 2.45) is 0 Å². The van der Waals surface area contributed by atoms with E-state index in [0.29, 0.717) is 19.3 Å². The number of carbonyl (C=O) groups is 3. The Morgan fingerprint density at radius 2 is 0.638 bits per heavy atom. The quantitative estimate of drug-likeness (QED) is 0.0199. The summed E-state index contributed by atoms with van der Waals surface area (Å²) in [5.41, 5.74) is 0. The molecular formula is C63H108O6. The summed E-state index contributed by atoms with van der Waals surface area (Å²) in [7, 11) is 0. The Bertz CT molecular complexity index is 1330. The van der Waals surface area contributed by atoms with Gasteiger partial charge in [0.05, 0.1) is 0 Å². The number of hydrogen-bond donors (Lipinski definition) is 0. The summed E-state index contributed by atoms with van der Waals surface area (Å²) in [4.78, 5) is 38.2. The van der Waals surface area contributed by atoms with E-state index in [1.165, 1.54) is 135 Å². The second kappa shape index (κ2) is 57.2. The lowest BCUT2D eigenvalue weighted by Crippen LogP contribution is -2.30. The van der Waals surface area contributed by atoms with E-state index in [0.717, 1.165) is 103 Å². The van der Waals surface area contributed by atoms with Crippen molar-refractivity contribution >= 4 is 17.9 Å². The molecule has 0 aliphatic heterocycles. The number of unbranched alkanes of at least 4 members (excludes halogenated alkanes) is 29. The molecule has 0 rings (SSSR count). The van der Waals surface area contributed by atoms with Gasteiger partial charge in [-0.2, -0.15) is 0 Å². The first-order chi connectivity index (χ1) is 34.0. The van der Waals surface area contributed by atoms with Crippen molar-refractivity contribution in [3.63, 3.8) is 0 Å². The number of allylic oxidation sites excluding steroid dienone is 14. The third-order valence-corrected chi connectivity index (χ3v) is 12.4. The van der Waals surface area contributed by atoms with Crippen LogP contribution in [0.3, 0.4) is 0 Å². The molecule has 0 radical (unpaired) electrons. The van der Waals surface area contributed by atoms with Crippen LogP contribution in [0.4, 0.5) is 0 Å². The van der Waals surface area contributed by atoms with Gasteiger partial charge in [0.2, 0.25) is 0 Å². The van der Waals surface area contributed by atoms with Crippen LogP contribution < -0.4 is 0 Å². The Balaban J connectivity index is 4.38. The maximum Gasteiger partial charge on any atom is 0.306 e. The number of rotatable bonds is 52. The van der Waals surface area contributed by atoms with Crippen molar-refractivity contribution in [2.45, 2.75) is 284 Å². The Kier molecular flexibility index (Phi) is 54.3. The highest BCUT2D eigenvalue weighted by Crippen LogP contribution is 2.15. The second-order valence-electron chi connectivity index (χ2n) is 19.2. The minimum absolute atomic E-state index is 0.0876. The van der Waals surface area contributed by atoms with Crippen LogP contribution in [-0.2, 0) is 28.6 Å². The van der Waals surface area contributed by atoms with E-state index in [-0.39, 0.29) is 31.1 Å². The van der Waals surface area contributed by atoms with Gasteiger partial charge in [0.15, 0.2) is 6.10 Å². The summed E-state index contributed by atoms with van der Waals surface area (Å²) >= 11 is 0. The zero-order valence-electron chi connectivity index (χ0n) is 45.3. The normalized spacial score (nSPS) is 12.7. The smallest absolute Gasteiger partial charge is 0.306 e. The van der Waals surface area contributed by atoms with Gasteiger partial charge in [0, 0.05) is 19.3 Å². The molecule has 0 amide bonds. The average molecular weight is 962 g/mol. The highest BCUT2D eigenvalue weighted by molar-refractivity contribution is 5.71. The maximum absolute atomic E-state index is 12.9. The summed E-state index contributed by atoms with van der Waals surface area (Å²) < 4.78 is 16.9. The molecule has 69 heavy (non-hydrogen) atoms. The van der Waals surface area contributed by atoms with Crippen LogP contribution in [0, 0.1) is 0 Å². The van der Waals surface area contributed by atoms with Crippen LogP contribution in [0.25, 0.3) is 0 Å². The van der Waals surface area contributed by atoms with Crippen molar-refractivity contribution in [2.75, 3.05) is 13.2 Å². The van der Waals surface area contributed by atoms with Gasteiger partial charge in [-0.05, 0) is 96.3 Å². The van der Waals surface area contributed by atoms with E-state index in [1.807, 2.05) is 0 Å². The molecule has 396 valence electrons. The number of ether oxygens (including phenoxy) is 3. The fraction of sp³-hybridized carbons (Fsp3) is 0.730. The number of hydrogen-bond acceptors (Lipinski definition) is 6. The highest BCUT2D eigenvalue weighted by atomic mass is 16.6. The van der Waals surface area contributed by atoms with Crippen LogP contribution in [0.1, 0.15) is 278 Å². The molecule has 0 aromatic heterocycles. The van der Waals surface area contributed by atoms with E-state index in [2.05, 4.69) is 106 Å². The molecule has 0 saturated carbocycles. The summed E-state index contributed by atoms with van der Waals surface area (Å²) in [6.45, 7) is 6.39. The van der Waals surface area contributed by atoms with Gasteiger partial charge in [-0.25, -0.2) is 0 Å². The van der Waals surface area contributed by atoms with Crippen molar-refractivity contribution in [3.8, 4) is 0 Å². The summed E-state index contributed by atoms with van der Waals surface area (Å²) in [5, 5.41) is 0. The molecule has 0 aromatic rings. The van der Waals surface area contributed by atoms with E-state index in [9.17, 15) is 14.4 Å². The first-order valence-electron chi connectivity index (χ1n) is 29.1. The third-order valence-electron chi connectivity index (χ3n) is 12.4. The third kappa shape index (κ3) is 55.4. The summed E-state index contributed by atoms with van der Waals surface area (Å²) in [6.07, 6.45) is 74.3. The van der Waals surface area contributed by atoms with E-state index in [4.69, 9.17) is 14.2 Å². The molecule has 0 saturated heterocycles. The Hall–Kier alpha value is -3.41. The Labute approximate surface area is 426 Å². The second-order valence-corrected chi connectivity index (χ2v) is 19.2. The van der Waals surface area contributed by atoms with Gasteiger partial charge in [0.25, 0.3) is 0 Å². The lowest BCUT2D eigenvalue weighted by atomic mass is 10.1. The minimum Gasteiger partial charge on any atom is -0.462 e. The van der Waals surface area contributed by atoms with Crippen LogP contribution in [0.5, 0.6) is 0 Å². The first kappa shape index (κ1) is 65.6. The fourth-order valence-electron chi connectivity index (χ4n) is 8.10. The van der Waals surface area contributed by atoms with Gasteiger partial charge >= 0.3 is 17.9 Å². The van der Waals surface area contributed by atoms with Crippen LogP contribution in [0.15, 0.2) is 85.1 Å². The molecule has 0 fully saturated rings. The molecule has 0 bridgehead atoms. The predicted molar refractivity (Wildman–Crippen MR) is 297 cm³/mol. The number of carbonyl (C=O) groups excluding carboxylic acids is 3. The SMILES string of the molecule is CC/C=C/C=C/C=C/CCCCCCCC(=O)OCC(COC(=O)CCCCCCCCCCC/C=C/C/C=C/C/C=C/CC)OC(=O)CCCCCCCCC/C=C/CCCCCCCCCC. The first-order valence-corrected chi connectivity index (χ1v) is 29.1. The van der Waals surface area contributed by atoms with Crippen LogP contribution in [-0.4, -0.2) is 37.2 Å². The lowest BCUT2D eigenvalue weighted by molar-refractivity contribution is -0.167. The van der Waals surface area contributed by atoms with Crippen molar-refractivity contribution < 1.29 is 28.6 Å². The molecule has 0 N–H and O–H groups in total. The predicted octanol–water partition coefficient (Wildman–Crippen LogP) is 19.5. The highest BCUT2D eigenvalue weighted by Gasteiger charge is 2.19. The van der Waals surface area contributed by atoms with E-state index < -0.39 is 6.10 Å². The molecular weight excluding hydrogens is 853 g/mol. The number of esters is 3. The minimum atomic E-state index is -0.790. The van der Waals surface area contributed by atoms with Gasteiger partial charge < -0.3 is 14.2 Å². The van der Waals surface area contributed by atoms with Crippen molar-refractivity contribution in [1.29, 1.82) is 0 Å². The van der Waals surface area contributed by atoms with Crippen LogP contribution >= 0.6 is 0 Å². The molecule has 0 heterocycles. The zero-order valence-corrected chi connectivity index (χ0v) is 45.3. The van der Waals surface area contributed by atoms with Gasteiger partial charge in [-0.1, -0.05) is 247 Å². The molecule has 6 nitrogen and oxygen atoms in total. The molecule has 1 atom stereocenters. The van der Waals surface area contributed by atoms with E-state index >= 15 is 0 Å². The topological polar surface area (TPSA) is 78.9 Å². The lowest BCUT2D eigenvalue weighted by Gasteiger charge is -2.18. The zero-order chi connectivity index (χ0) is 50.0. The molecule has 0 spiro atoms. The molecule has 1 unspecified atom stereocenters.